The molecule has 3 aromatic rings. The molecule has 27 heavy (non-hydrogen) atoms. The van der Waals surface area contributed by atoms with Gasteiger partial charge >= 0.3 is 11.6 Å². The Labute approximate surface area is 157 Å². The Morgan fingerprint density at radius 2 is 1.89 bits per heavy atom. The van der Waals surface area contributed by atoms with Crippen LogP contribution in [0.15, 0.2) is 57.7 Å². The van der Waals surface area contributed by atoms with Crippen LogP contribution in [0.1, 0.15) is 36.5 Å². The summed E-state index contributed by atoms with van der Waals surface area (Å²) in [5.41, 5.74) is 2.64. The number of aryl methyl sites for hydroxylation is 1. The number of carbonyl (C=O) groups excluding carboxylic acids is 1. The van der Waals surface area contributed by atoms with Crippen molar-refractivity contribution in [2.75, 3.05) is 6.61 Å². The quantitative estimate of drug-likeness (QED) is 0.479. The normalized spacial score (nSPS) is 11.0. The van der Waals surface area contributed by atoms with Crippen LogP contribution in [0.25, 0.3) is 11.0 Å². The van der Waals surface area contributed by atoms with Crippen LogP contribution in [0.4, 0.5) is 0 Å². The molecule has 140 valence electrons. The molecule has 0 bridgehead atoms. The Hall–Kier alpha value is -3.08. The molecular formula is C22H22O5. The second kappa shape index (κ2) is 8.08. The van der Waals surface area contributed by atoms with Crippen molar-refractivity contribution in [2.45, 2.75) is 33.3 Å². The van der Waals surface area contributed by atoms with Gasteiger partial charge in [0, 0.05) is 17.0 Å². The molecule has 0 spiro atoms. The Morgan fingerprint density at radius 1 is 1.11 bits per heavy atom. The number of ether oxygens (including phenoxy) is 2. The number of benzene rings is 2. The van der Waals surface area contributed by atoms with Crippen LogP contribution in [-0.2, 0) is 16.1 Å². The molecule has 5 nitrogen and oxygen atoms in total. The van der Waals surface area contributed by atoms with E-state index in [0.29, 0.717) is 16.9 Å². The average Bonchev–Trinajstić information content (AvgIpc) is 2.64. The number of fused-ring (bicyclic) bond motifs is 1. The van der Waals surface area contributed by atoms with Gasteiger partial charge in [0.1, 0.15) is 17.9 Å². The van der Waals surface area contributed by atoms with E-state index < -0.39 is 11.6 Å². The van der Waals surface area contributed by atoms with E-state index >= 15 is 0 Å². The first-order valence-corrected chi connectivity index (χ1v) is 8.85. The minimum Gasteiger partial charge on any atom is -0.482 e. The van der Waals surface area contributed by atoms with Crippen LogP contribution in [0.5, 0.6) is 5.75 Å². The third-order valence-electron chi connectivity index (χ3n) is 4.26. The third kappa shape index (κ3) is 4.56. The number of para-hydroxylation sites is 1. The zero-order valence-electron chi connectivity index (χ0n) is 15.7. The van der Waals surface area contributed by atoms with E-state index in [1.54, 1.807) is 6.07 Å². The molecule has 1 heterocycles. The highest BCUT2D eigenvalue weighted by Gasteiger charge is 2.12. The maximum absolute atomic E-state index is 12.1. The van der Waals surface area contributed by atoms with Gasteiger partial charge in [-0.2, -0.15) is 0 Å². The molecule has 2 aromatic carbocycles. The van der Waals surface area contributed by atoms with Gasteiger partial charge in [-0.15, -0.1) is 0 Å². The third-order valence-corrected chi connectivity index (χ3v) is 4.26. The van der Waals surface area contributed by atoms with Crippen LogP contribution in [-0.4, -0.2) is 12.6 Å². The first-order chi connectivity index (χ1) is 12.9. The van der Waals surface area contributed by atoms with Gasteiger partial charge in [0.05, 0.1) is 0 Å². The highest BCUT2D eigenvalue weighted by atomic mass is 16.6. The Kier molecular flexibility index (Phi) is 5.60. The first-order valence-electron chi connectivity index (χ1n) is 8.85. The lowest BCUT2D eigenvalue weighted by Gasteiger charge is -2.13. The molecule has 0 saturated heterocycles. The van der Waals surface area contributed by atoms with E-state index in [4.69, 9.17) is 13.9 Å². The summed E-state index contributed by atoms with van der Waals surface area (Å²) in [6.45, 7) is 5.84. The van der Waals surface area contributed by atoms with Crippen molar-refractivity contribution in [1.29, 1.82) is 0 Å². The van der Waals surface area contributed by atoms with E-state index in [1.165, 1.54) is 6.07 Å². The fourth-order valence-corrected chi connectivity index (χ4v) is 2.88. The summed E-state index contributed by atoms with van der Waals surface area (Å²) in [7, 11) is 0. The average molecular weight is 366 g/mol. The topological polar surface area (TPSA) is 65.7 Å². The largest absolute Gasteiger partial charge is 0.482 e. The second-order valence-corrected chi connectivity index (χ2v) is 6.73. The molecule has 0 atom stereocenters. The van der Waals surface area contributed by atoms with Crippen molar-refractivity contribution in [3.05, 3.63) is 75.6 Å². The lowest BCUT2D eigenvalue weighted by Crippen LogP contribution is -2.16. The van der Waals surface area contributed by atoms with Crippen molar-refractivity contribution in [2.24, 2.45) is 0 Å². The van der Waals surface area contributed by atoms with Crippen LogP contribution in [0, 0.1) is 6.92 Å². The van der Waals surface area contributed by atoms with Crippen molar-refractivity contribution in [3.8, 4) is 5.75 Å². The van der Waals surface area contributed by atoms with Gasteiger partial charge in [0.15, 0.2) is 6.61 Å². The molecule has 0 unspecified atom stereocenters. The molecule has 3 rings (SSSR count). The van der Waals surface area contributed by atoms with Gasteiger partial charge in [-0.3, -0.25) is 0 Å². The highest BCUT2D eigenvalue weighted by molar-refractivity contribution is 5.81. The Morgan fingerprint density at radius 3 is 2.67 bits per heavy atom. The summed E-state index contributed by atoms with van der Waals surface area (Å²) >= 11 is 0. The highest BCUT2D eigenvalue weighted by Crippen LogP contribution is 2.26. The summed E-state index contributed by atoms with van der Waals surface area (Å²) in [5, 5.41) is 0.749. The minimum atomic E-state index is -0.498. The number of carbonyl (C=O) groups is 1. The summed E-state index contributed by atoms with van der Waals surface area (Å²) in [6, 6.07) is 14.5. The van der Waals surface area contributed by atoms with E-state index in [2.05, 4.69) is 13.8 Å². The van der Waals surface area contributed by atoms with Gasteiger partial charge in [-0.05, 0) is 36.1 Å². The summed E-state index contributed by atoms with van der Waals surface area (Å²) in [6.07, 6.45) is 0. The van der Waals surface area contributed by atoms with E-state index in [1.807, 2.05) is 43.3 Å². The van der Waals surface area contributed by atoms with Crippen molar-refractivity contribution >= 4 is 16.9 Å². The molecule has 1 aromatic heterocycles. The minimum absolute atomic E-state index is 0.0147. The van der Waals surface area contributed by atoms with Gasteiger partial charge in [-0.25, -0.2) is 9.59 Å². The molecule has 0 aliphatic rings. The smallest absolute Gasteiger partial charge is 0.344 e. The van der Waals surface area contributed by atoms with Crippen molar-refractivity contribution in [1.82, 2.24) is 0 Å². The second-order valence-electron chi connectivity index (χ2n) is 6.73. The fraction of sp³-hybridized carbons (Fsp3) is 0.273. The van der Waals surface area contributed by atoms with E-state index in [9.17, 15) is 9.59 Å². The molecule has 0 saturated carbocycles. The van der Waals surface area contributed by atoms with Crippen LogP contribution < -0.4 is 10.4 Å². The molecule has 0 radical (unpaired) electrons. The standard InChI is InChI=1S/C22H22O5/c1-14(2)17-6-4-5-7-19(17)25-13-22(24)26-12-16-11-21(23)27-20-10-15(3)8-9-18(16)20/h4-11,14H,12-13H2,1-3H3. The van der Waals surface area contributed by atoms with Gasteiger partial charge in [0.25, 0.3) is 0 Å². The maximum atomic E-state index is 12.1. The summed E-state index contributed by atoms with van der Waals surface area (Å²) in [5.74, 6) is 0.461. The van der Waals surface area contributed by atoms with Crippen molar-refractivity contribution in [3.63, 3.8) is 0 Å². The van der Waals surface area contributed by atoms with Crippen LogP contribution in [0.3, 0.4) is 0 Å². The molecule has 0 aliphatic carbocycles. The lowest BCUT2D eigenvalue weighted by atomic mass is 10.0. The molecule has 5 heteroatoms. The summed E-state index contributed by atoms with van der Waals surface area (Å²) in [4.78, 5) is 23.8. The van der Waals surface area contributed by atoms with Gasteiger partial charge < -0.3 is 13.9 Å². The van der Waals surface area contributed by atoms with Crippen LogP contribution >= 0.6 is 0 Å². The fourth-order valence-electron chi connectivity index (χ4n) is 2.88. The summed E-state index contributed by atoms with van der Waals surface area (Å²) < 4.78 is 16.1. The van der Waals surface area contributed by atoms with Gasteiger partial charge in [0.2, 0.25) is 0 Å². The molecular weight excluding hydrogens is 344 g/mol. The number of rotatable bonds is 6. The van der Waals surface area contributed by atoms with Crippen LogP contribution in [0.2, 0.25) is 0 Å². The Balaban J connectivity index is 1.67. The molecule has 0 fully saturated rings. The number of esters is 1. The SMILES string of the molecule is Cc1ccc2c(COC(=O)COc3ccccc3C(C)C)cc(=O)oc2c1. The van der Waals surface area contributed by atoms with Crippen molar-refractivity contribution < 1.29 is 18.7 Å². The maximum Gasteiger partial charge on any atom is 0.344 e. The predicted octanol–water partition coefficient (Wildman–Crippen LogP) is 4.35. The lowest BCUT2D eigenvalue weighted by molar-refractivity contribution is -0.147. The molecule has 0 amide bonds. The monoisotopic (exact) mass is 366 g/mol. The predicted molar refractivity (Wildman–Crippen MR) is 103 cm³/mol. The zero-order chi connectivity index (χ0) is 19.4. The number of hydrogen-bond donors (Lipinski definition) is 0. The number of hydrogen-bond acceptors (Lipinski definition) is 5. The first kappa shape index (κ1) is 18.7. The van der Waals surface area contributed by atoms with Gasteiger partial charge in [-0.1, -0.05) is 44.2 Å². The Bertz CT molecular complexity index is 1020. The van der Waals surface area contributed by atoms with E-state index in [0.717, 1.165) is 16.5 Å². The zero-order valence-corrected chi connectivity index (χ0v) is 15.7. The molecule has 0 N–H and O–H groups in total. The van der Waals surface area contributed by atoms with E-state index in [-0.39, 0.29) is 19.1 Å². The molecule has 0 aliphatic heterocycles.